The Hall–Kier alpha value is -1.56. The van der Waals surface area contributed by atoms with Gasteiger partial charge in [0.2, 0.25) is 5.67 Å². The van der Waals surface area contributed by atoms with Crippen LogP contribution in [-0.2, 0) is 4.79 Å². The first-order chi connectivity index (χ1) is 9.35. The van der Waals surface area contributed by atoms with Gasteiger partial charge in [0.15, 0.2) is 0 Å². The average Bonchev–Trinajstić information content (AvgIpc) is 2.87. The van der Waals surface area contributed by atoms with E-state index >= 15 is 0 Å². The summed E-state index contributed by atoms with van der Waals surface area (Å²) >= 11 is 0. The van der Waals surface area contributed by atoms with Gasteiger partial charge in [-0.2, -0.15) is 0 Å². The van der Waals surface area contributed by atoms with Gasteiger partial charge in [0, 0.05) is 25.6 Å². The van der Waals surface area contributed by atoms with Gasteiger partial charge in [-0.15, -0.1) is 0 Å². The summed E-state index contributed by atoms with van der Waals surface area (Å²) in [6, 6.07) is 2.29. The smallest absolute Gasteiger partial charge is 0.261 e. The number of nitrogens with one attached hydrogen (secondary N) is 1. The van der Waals surface area contributed by atoms with Crippen LogP contribution in [-0.4, -0.2) is 36.6 Å². The molecule has 2 atom stereocenters. The summed E-state index contributed by atoms with van der Waals surface area (Å²) in [5.41, 5.74) is -1.93. The quantitative estimate of drug-likeness (QED) is 0.923. The summed E-state index contributed by atoms with van der Waals surface area (Å²) < 4.78 is 41.3. The molecule has 110 valence electrons. The second kappa shape index (κ2) is 5.44. The van der Waals surface area contributed by atoms with Crippen LogP contribution >= 0.6 is 0 Å². The van der Waals surface area contributed by atoms with E-state index in [1.165, 1.54) is 7.05 Å². The summed E-state index contributed by atoms with van der Waals surface area (Å²) in [5.74, 6) is -1.92. The van der Waals surface area contributed by atoms with E-state index in [1.54, 1.807) is 6.92 Å². The van der Waals surface area contributed by atoms with Crippen molar-refractivity contribution in [2.75, 3.05) is 20.1 Å². The highest BCUT2D eigenvalue weighted by atomic mass is 19.1. The Labute approximate surface area is 115 Å². The van der Waals surface area contributed by atoms with Crippen molar-refractivity contribution in [2.24, 2.45) is 0 Å². The molecule has 1 aromatic carbocycles. The lowest BCUT2D eigenvalue weighted by Crippen LogP contribution is -2.46. The maximum Gasteiger partial charge on any atom is 0.261 e. The fourth-order valence-electron chi connectivity index (χ4n) is 2.38. The molecular formula is C14H17F3N2O. The molecule has 0 bridgehead atoms. The Morgan fingerprint density at radius 3 is 2.75 bits per heavy atom. The second-order valence-corrected chi connectivity index (χ2v) is 5.15. The summed E-state index contributed by atoms with van der Waals surface area (Å²) in [7, 11) is 1.40. The van der Waals surface area contributed by atoms with E-state index < -0.39 is 29.3 Å². The monoisotopic (exact) mass is 286 g/mol. The molecule has 1 fully saturated rings. The summed E-state index contributed by atoms with van der Waals surface area (Å²) in [4.78, 5) is 13.3. The molecule has 0 saturated carbocycles. The van der Waals surface area contributed by atoms with Gasteiger partial charge >= 0.3 is 0 Å². The highest BCUT2D eigenvalue weighted by Crippen LogP contribution is 2.28. The molecule has 1 heterocycles. The SMILES string of the molecule is CC(c1cc(F)ccc1F)N(C)C(=O)C1(F)CCNC1. The number of hydrogen-bond donors (Lipinski definition) is 1. The Morgan fingerprint density at radius 2 is 2.15 bits per heavy atom. The Kier molecular flexibility index (Phi) is 4.04. The molecule has 3 nitrogen and oxygen atoms in total. The van der Waals surface area contributed by atoms with Crippen molar-refractivity contribution >= 4 is 5.91 Å². The van der Waals surface area contributed by atoms with Crippen molar-refractivity contribution in [1.29, 1.82) is 0 Å². The Morgan fingerprint density at radius 1 is 1.45 bits per heavy atom. The molecular weight excluding hydrogens is 269 g/mol. The van der Waals surface area contributed by atoms with Gasteiger partial charge in [0.1, 0.15) is 11.6 Å². The molecule has 1 N–H and O–H groups in total. The number of benzene rings is 1. The fourth-order valence-corrected chi connectivity index (χ4v) is 2.38. The molecule has 0 aromatic heterocycles. The van der Waals surface area contributed by atoms with Crippen molar-refractivity contribution in [2.45, 2.75) is 25.1 Å². The van der Waals surface area contributed by atoms with Gasteiger partial charge in [-0.25, -0.2) is 13.2 Å². The van der Waals surface area contributed by atoms with Gasteiger partial charge in [0.05, 0.1) is 6.04 Å². The number of carbonyl (C=O) groups is 1. The zero-order valence-corrected chi connectivity index (χ0v) is 11.4. The normalized spacial score (nSPS) is 23.6. The van der Waals surface area contributed by atoms with E-state index in [-0.39, 0.29) is 18.5 Å². The van der Waals surface area contributed by atoms with Crippen LogP contribution in [0.5, 0.6) is 0 Å². The van der Waals surface area contributed by atoms with Crippen LogP contribution in [0, 0.1) is 11.6 Å². The number of nitrogens with zero attached hydrogens (tertiary/aromatic N) is 1. The zero-order valence-electron chi connectivity index (χ0n) is 11.4. The highest BCUT2D eigenvalue weighted by Gasteiger charge is 2.44. The minimum absolute atomic E-state index is 0.0374. The van der Waals surface area contributed by atoms with E-state index in [9.17, 15) is 18.0 Å². The molecule has 1 aromatic rings. The third kappa shape index (κ3) is 2.65. The largest absolute Gasteiger partial charge is 0.336 e. The van der Waals surface area contributed by atoms with E-state index in [1.807, 2.05) is 0 Å². The van der Waals surface area contributed by atoms with Gasteiger partial charge < -0.3 is 10.2 Å². The standard InChI is InChI=1S/C14H17F3N2O/c1-9(11-7-10(15)3-4-12(11)16)19(2)13(20)14(17)5-6-18-8-14/h3-4,7,9,18H,5-6,8H2,1-2H3. The first-order valence-corrected chi connectivity index (χ1v) is 6.47. The van der Waals surface area contributed by atoms with E-state index in [0.717, 1.165) is 23.1 Å². The van der Waals surface area contributed by atoms with Gasteiger partial charge in [-0.3, -0.25) is 4.79 Å². The summed E-state index contributed by atoms with van der Waals surface area (Å²) in [6.45, 7) is 1.93. The molecule has 1 saturated heterocycles. The lowest BCUT2D eigenvalue weighted by Gasteiger charge is -2.30. The number of amides is 1. The van der Waals surface area contributed by atoms with Crippen molar-refractivity contribution < 1.29 is 18.0 Å². The topological polar surface area (TPSA) is 32.3 Å². The minimum atomic E-state index is -1.97. The van der Waals surface area contributed by atoms with Crippen LogP contribution in [0.1, 0.15) is 24.9 Å². The van der Waals surface area contributed by atoms with Gasteiger partial charge in [-0.1, -0.05) is 0 Å². The molecule has 1 amide bonds. The van der Waals surface area contributed by atoms with E-state index in [0.29, 0.717) is 6.54 Å². The molecule has 20 heavy (non-hydrogen) atoms. The lowest BCUT2D eigenvalue weighted by molar-refractivity contribution is -0.143. The number of halogens is 3. The predicted octanol–water partition coefficient (Wildman–Crippen LogP) is 2.19. The maximum absolute atomic E-state index is 14.4. The molecule has 6 heteroatoms. The van der Waals surface area contributed by atoms with Crippen LogP contribution in [0.25, 0.3) is 0 Å². The van der Waals surface area contributed by atoms with Gasteiger partial charge in [-0.05, 0) is 31.7 Å². The average molecular weight is 286 g/mol. The number of hydrogen-bond acceptors (Lipinski definition) is 2. The maximum atomic E-state index is 14.4. The Bertz CT molecular complexity index is 515. The second-order valence-electron chi connectivity index (χ2n) is 5.15. The minimum Gasteiger partial charge on any atom is -0.336 e. The van der Waals surface area contributed by atoms with Crippen LogP contribution < -0.4 is 5.32 Å². The van der Waals surface area contributed by atoms with Crippen molar-refractivity contribution in [3.63, 3.8) is 0 Å². The first-order valence-electron chi connectivity index (χ1n) is 6.47. The van der Waals surface area contributed by atoms with Crippen LogP contribution in [0.2, 0.25) is 0 Å². The van der Waals surface area contributed by atoms with Gasteiger partial charge in [0.25, 0.3) is 5.91 Å². The summed E-state index contributed by atoms with van der Waals surface area (Å²) in [5, 5.41) is 2.79. The molecule has 1 aliphatic heterocycles. The third-order valence-electron chi connectivity index (χ3n) is 3.80. The van der Waals surface area contributed by atoms with E-state index in [2.05, 4.69) is 5.32 Å². The zero-order chi connectivity index (χ0) is 14.9. The van der Waals surface area contributed by atoms with Crippen molar-refractivity contribution in [3.05, 3.63) is 35.4 Å². The first kappa shape index (κ1) is 14.8. The number of carbonyl (C=O) groups excluding carboxylic acids is 1. The third-order valence-corrected chi connectivity index (χ3v) is 3.80. The molecule has 2 rings (SSSR count). The fraction of sp³-hybridized carbons (Fsp3) is 0.500. The molecule has 1 aliphatic rings. The number of alkyl halides is 1. The number of rotatable bonds is 3. The predicted molar refractivity (Wildman–Crippen MR) is 68.9 cm³/mol. The molecule has 0 aliphatic carbocycles. The molecule has 0 radical (unpaired) electrons. The Balaban J connectivity index is 2.21. The van der Waals surface area contributed by atoms with Crippen LogP contribution in [0.3, 0.4) is 0 Å². The summed E-state index contributed by atoms with van der Waals surface area (Å²) in [6.07, 6.45) is 0.0918. The van der Waals surface area contributed by atoms with Crippen LogP contribution in [0.4, 0.5) is 13.2 Å². The van der Waals surface area contributed by atoms with Crippen LogP contribution in [0.15, 0.2) is 18.2 Å². The molecule has 0 spiro atoms. The van der Waals surface area contributed by atoms with E-state index in [4.69, 9.17) is 0 Å². The molecule has 2 unspecified atom stereocenters. The van der Waals surface area contributed by atoms with Crippen molar-refractivity contribution in [1.82, 2.24) is 10.2 Å². The lowest BCUT2D eigenvalue weighted by atomic mass is 10.0. The van der Waals surface area contributed by atoms with Crippen molar-refractivity contribution in [3.8, 4) is 0 Å². The highest BCUT2D eigenvalue weighted by molar-refractivity contribution is 5.86.